The van der Waals surface area contributed by atoms with Crippen molar-refractivity contribution in [3.05, 3.63) is 54.0 Å². The number of carbonyl (C=O) groups excluding carboxylic acids is 2. The van der Waals surface area contributed by atoms with Crippen LogP contribution in [-0.2, 0) is 23.0 Å². The van der Waals surface area contributed by atoms with Crippen LogP contribution in [0.15, 0.2) is 42.9 Å². The van der Waals surface area contributed by atoms with Crippen molar-refractivity contribution in [2.45, 2.75) is 59.1 Å². The van der Waals surface area contributed by atoms with E-state index >= 15 is 0 Å². The molecule has 0 aliphatic carbocycles. The van der Waals surface area contributed by atoms with Gasteiger partial charge in [0.1, 0.15) is 23.0 Å². The lowest BCUT2D eigenvalue weighted by molar-refractivity contribution is -0.132. The maximum atomic E-state index is 12.9. The predicted molar refractivity (Wildman–Crippen MR) is 150 cm³/mol. The Bertz CT molecular complexity index is 1370. The summed E-state index contributed by atoms with van der Waals surface area (Å²) in [7, 11) is 4.02. The van der Waals surface area contributed by atoms with Crippen molar-refractivity contribution >= 4 is 40.1 Å². The van der Waals surface area contributed by atoms with Gasteiger partial charge in [-0.15, -0.1) is 0 Å². The zero-order chi connectivity index (χ0) is 27.6. The van der Waals surface area contributed by atoms with Crippen LogP contribution < -0.4 is 10.2 Å². The fourth-order valence-electron chi connectivity index (χ4n) is 4.67. The number of amides is 2. The van der Waals surface area contributed by atoms with E-state index in [1.54, 1.807) is 38.9 Å². The first-order valence-electron chi connectivity index (χ1n) is 13.1. The molecule has 202 valence electrons. The molecule has 38 heavy (non-hydrogen) atoms. The highest BCUT2D eigenvalue weighted by molar-refractivity contribution is 5.86. The summed E-state index contributed by atoms with van der Waals surface area (Å²) in [4.78, 5) is 37.8. The number of aromatic nitrogens is 3. The van der Waals surface area contributed by atoms with Gasteiger partial charge in [0.15, 0.2) is 0 Å². The average molecular weight is 519 g/mol. The predicted octanol–water partition coefficient (Wildman–Crippen LogP) is 4.83. The number of aryl methyl sites for hydroxylation is 2. The first kappa shape index (κ1) is 27.2. The minimum atomic E-state index is -0.652. The Hall–Kier alpha value is -3.88. The Labute approximate surface area is 224 Å². The summed E-state index contributed by atoms with van der Waals surface area (Å²) in [6.45, 7) is 10.3. The first-order chi connectivity index (χ1) is 18.0. The van der Waals surface area contributed by atoms with E-state index in [9.17, 15) is 9.59 Å². The van der Waals surface area contributed by atoms with E-state index in [0.717, 1.165) is 35.4 Å². The number of hydrogen-bond acceptors (Lipinski definition) is 6. The molecule has 2 amide bonds. The molecule has 1 aliphatic rings. The van der Waals surface area contributed by atoms with Gasteiger partial charge in [0.2, 0.25) is 5.91 Å². The van der Waals surface area contributed by atoms with Crippen molar-refractivity contribution in [1.82, 2.24) is 24.8 Å². The molecule has 0 spiro atoms. The van der Waals surface area contributed by atoms with Crippen molar-refractivity contribution in [1.29, 1.82) is 0 Å². The summed E-state index contributed by atoms with van der Waals surface area (Å²) >= 11 is 0. The highest BCUT2D eigenvalue weighted by Crippen LogP contribution is 2.32. The largest absolute Gasteiger partial charge is 0.444 e. The number of nitrogens with zero attached hydrogens (tertiary/aromatic N) is 5. The molecule has 0 radical (unpaired) electrons. The minimum absolute atomic E-state index is 0.115. The van der Waals surface area contributed by atoms with Crippen LogP contribution in [0, 0.1) is 0 Å². The van der Waals surface area contributed by atoms with Crippen molar-refractivity contribution < 1.29 is 14.3 Å². The number of alkyl carbamates (subject to hydrolysis) is 1. The Balaban J connectivity index is 1.45. The lowest BCUT2D eigenvalue weighted by Gasteiger charge is -2.30. The second-order valence-electron chi connectivity index (χ2n) is 10.8. The third-order valence-corrected chi connectivity index (χ3v) is 6.76. The molecule has 0 fully saturated rings. The van der Waals surface area contributed by atoms with Gasteiger partial charge >= 0.3 is 6.09 Å². The van der Waals surface area contributed by atoms with E-state index in [4.69, 9.17) is 4.74 Å². The SMILES string of the molecule is CCc1cc(C2=CCN(C(=O)C(C)NC(=O)OC(C)(C)C)CC2)ccc1N(C)c1cc2c(cn1)ncn2C. The van der Waals surface area contributed by atoms with E-state index < -0.39 is 17.7 Å². The lowest BCUT2D eigenvalue weighted by Crippen LogP contribution is -2.49. The smallest absolute Gasteiger partial charge is 0.408 e. The number of rotatable bonds is 6. The Kier molecular flexibility index (Phi) is 7.76. The van der Waals surface area contributed by atoms with Crippen LogP contribution >= 0.6 is 0 Å². The molecule has 1 aromatic carbocycles. The van der Waals surface area contributed by atoms with Crippen LogP contribution in [0.5, 0.6) is 0 Å². The fraction of sp³-hybridized carbons (Fsp3) is 0.448. The van der Waals surface area contributed by atoms with Crippen molar-refractivity contribution in [2.24, 2.45) is 7.05 Å². The summed E-state index contributed by atoms with van der Waals surface area (Å²) < 4.78 is 7.27. The second kappa shape index (κ2) is 10.8. The van der Waals surface area contributed by atoms with Gasteiger partial charge in [-0.25, -0.2) is 14.8 Å². The zero-order valence-corrected chi connectivity index (χ0v) is 23.4. The Morgan fingerprint density at radius 3 is 2.63 bits per heavy atom. The molecule has 1 N–H and O–H groups in total. The number of fused-ring (bicyclic) bond motifs is 1. The van der Waals surface area contributed by atoms with Crippen LogP contribution in [0.1, 0.15) is 52.2 Å². The number of anilines is 2. The lowest BCUT2D eigenvalue weighted by atomic mass is 9.95. The number of ether oxygens (including phenoxy) is 1. The second-order valence-corrected chi connectivity index (χ2v) is 10.8. The third kappa shape index (κ3) is 5.98. The normalized spacial score (nSPS) is 14.7. The number of nitrogens with one attached hydrogen (secondary N) is 1. The summed E-state index contributed by atoms with van der Waals surface area (Å²) in [6, 6.07) is 7.94. The first-order valence-corrected chi connectivity index (χ1v) is 13.1. The molecule has 4 rings (SSSR count). The fourth-order valence-corrected chi connectivity index (χ4v) is 4.67. The van der Waals surface area contributed by atoms with Gasteiger partial charge in [-0.1, -0.05) is 19.1 Å². The maximum Gasteiger partial charge on any atom is 0.408 e. The van der Waals surface area contributed by atoms with Crippen LogP contribution in [0.2, 0.25) is 0 Å². The van der Waals surface area contributed by atoms with Crippen LogP contribution in [-0.4, -0.2) is 63.2 Å². The number of benzene rings is 1. The molecule has 2 aromatic heterocycles. The minimum Gasteiger partial charge on any atom is -0.444 e. The van der Waals surface area contributed by atoms with Gasteiger partial charge < -0.3 is 24.4 Å². The van der Waals surface area contributed by atoms with E-state index in [2.05, 4.69) is 57.4 Å². The van der Waals surface area contributed by atoms with Gasteiger partial charge in [0.25, 0.3) is 0 Å². The molecule has 0 saturated carbocycles. The molecular weight excluding hydrogens is 480 g/mol. The number of imidazole rings is 1. The quantitative estimate of drug-likeness (QED) is 0.503. The summed E-state index contributed by atoms with van der Waals surface area (Å²) in [5.74, 6) is 0.749. The molecule has 1 unspecified atom stereocenters. The third-order valence-electron chi connectivity index (χ3n) is 6.76. The topological polar surface area (TPSA) is 92.6 Å². The van der Waals surface area contributed by atoms with Gasteiger partial charge in [0.05, 0.1) is 18.0 Å². The van der Waals surface area contributed by atoms with Crippen LogP contribution in [0.3, 0.4) is 0 Å². The van der Waals surface area contributed by atoms with E-state index in [1.165, 1.54) is 16.7 Å². The summed E-state index contributed by atoms with van der Waals surface area (Å²) in [5.41, 5.74) is 6.04. The molecular formula is C29H38N6O3. The van der Waals surface area contributed by atoms with Crippen LogP contribution in [0.4, 0.5) is 16.3 Å². The number of hydrogen-bond donors (Lipinski definition) is 1. The monoisotopic (exact) mass is 518 g/mol. The van der Waals surface area contributed by atoms with Gasteiger partial charge in [-0.3, -0.25) is 4.79 Å². The maximum absolute atomic E-state index is 12.9. The molecule has 1 atom stereocenters. The van der Waals surface area contributed by atoms with Gasteiger partial charge in [-0.05, 0) is 69.4 Å². The van der Waals surface area contributed by atoms with Crippen LogP contribution in [0.25, 0.3) is 16.6 Å². The molecule has 0 bridgehead atoms. The van der Waals surface area contributed by atoms with E-state index in [1.807, 2.05) is 24.9 Å². The van der Waals surface area contributed by atoms with E-state index in [0.29, 0.717) is 13.1 Å². The van der Waals surface area contributed by atoms with E-state index in [-0.39, 0.29) is 5.91 Å². The number of carbonyl (C=O) groups is 2. The number of pyridine rings is 1. The average Bonchev–Trinajstić information content (AvgIpc) is 3.26. The summed E-state index contributed by atoms with van der Waals surface area (Å²) in [6.07, 6.45) is 6.77. The van der Waals surface area contributed by atoms with Crippen molar-refractivity contribution in [3.63, 3.8) is 0 Å². The van der Waals surface area contributed by atoms with Gasteiger partial charge in [-0.2, -0.15) is 0 Å². The van der Waals surface area contributed by atoms with Crippen molar-refractivity contribution in [3.8, 4) is 0 Å². The molecule has 3 aromatic rings. The van der Waals surface area contributed by atoms with Gasteiger partial charge in [0, 0.05) is 38.9 Å². The zero-order valence-electron chi connectivity index (χ0n) is 23.4. The molecule has 0 saturated heterocycles. The Morgan fingerprint density at radius 2 is 1.97 bits per heavy atom. The highest BCUT2D eigenvalue weighted by atomic mass is 16.6. The summed E-state index contributed by atoms with van der Waals surface area (Å²) in [5, 5.41) is 2.65. The molecule has 1 aliphatic heterocycles. The molecule has 3 heterocycles. The molecule has 9 heteroatoms. The standard InChI is InChI=1S/C29H38N6O3/c1-8-20-15-22(9-10-24(20)34(7)26-16-25-23(17-30-26)31-18-33(25)6)21-11-13-35(14-12-21)27(36)19(2)32-28(37)38-29(3,4)5/h9-11,15-19H,8,12-14H2,1-7H3,(H,32,37). The van der Waals surface area contributed by atoms with Crippen molar-refractivity contribution in [2.75, 3.05) is 25.0 Å². The molecule has 9 nitrogen and oxygen atoms in total. The highest BCUT2D eigenvalue weighted by Gasteiger charge is 2.26. The Morgan fingerprint density at radius 1 is 1.21 bits per heavy atom.